The Balaban J connectivity index is 1.96. The van der Waals surface area contributed by atoms with Gasteiger partial charge in [-0.25, -0.2) is 0 Å². The van der Waals surface area contributed by atoms with Gasteiger partial charge in [0.15, 0.2) is 0 Å². The Morgan fingerprint density at radius 2 is 2.03 bits per heavy atom. The summed E-state index contributed by atoms with van der Waals surface area (Å²) in [5.41, 5.74) is 1.02. The molecule has 2 aliphatic rings. The lowest BCUT2D eigenvalue weighted by Gasteiger charge is -2.24. The normalized spacial score (nSPS) is 35.5. The molecule has 2 aliphatic heterocycles. The van der Waals surface area contributed by atoms with E-state index in [4.69, 9.17) is 9.47 Å². The first-order valence-corrected chi connectivity index (χ1v) is 12.8. The zero-order valence-corrected chi connectivity index (χ0v) is 21.1. The molecule has 0 radical (unpaired) electrons. The summed E-state index contributed by atoms with van der Waals surface area (Å²) in [6, 6.07) is 0. The van der Waals surface area contributed by atoms with Crippen molar-refractivity contribution in [3.63, 3.8) is 0 Å². The average Bonchev–Trinajstić information content (AvgIpc) is 3.48. The summed E-state index contributed by atoms with van der Waals surface area (Å²) in [6.07, 6.45) is 16.7. The quantitative estimate of drug-likeness (QED) is 0.203. The summed E-state index contributed by atoms with van der Waals surface area (Å²) in [7, 11) is 0. The molecule has 4 nitrogen and oxygen atoms in total. The van der Waals surface area contributed by atoms with E-state index in [9.17, 15) is 9.90 Å². The van der Waals surface area contributed by atoms with Crippen LogP contribution in [0.5, 0.6) is 0 Å². The molecule has 1 fully saturated rings. The number of carbonyl (C=O) groups excluding carboxylic acids is 1. The maximum Gasteiger partial charge on any atom is 0.309 e. The monoisotopic (exact) mass is 446 g/mol. The van der Waals surface area contributed by atoms with Crippen molar-refractivity contribution in [2.24, 2.45) is 23.7 Å². The number of cyclic esters (lactones) is 1. The van der Waals surface area contributed by atoms with Crippen LogP contribution in [0, 0.1) is 23.7 Å². The van der Waals surface area contributed by atoms with Crippen LogP contribution in [0.1, 0.15) is 86.5 Å². The number of carbonyl (C=O) groups is 1. The van der Waals surface area contributed by atoms with Crippen LogP contribution in [-0.4, -0.2) is 35.5 Å². The number of aliphatic hydroxyl groups excluding tert-OH is 1. The summed E-state index contributed by atoms with van der Waals surface area (Å²) < 4.78 is 11.7. The highest BCUT2D eigenvalue weighted by Gasteiger charge is 2.42. The molecule has 2 rings (SSSR count). The fourth-order valence-corrected chi connectivity index (χ4v) is 4.72. The molecule has 0 aliphatic carbocycles. The van der Waals surface area contributed by atoms with Crippen LogP contribution in [0.2, 0.25) is 0 Å². The van der Waals surface area contributed by atoms with Gasteiger partial charge in [0.1, 0.15) is 6.10 Å². The van der Waals surface area contributed by atoms with Gasteiger partial charge in [-0.3, -0.25) is 4.79 Å². The van der Waals surface area contributed by atoms with Crippen LogP contribution >= 0.6 is 0 Å². The molecule has 4 heteroatoms. The Morgan fingerprint density at radius 3 is 2.75 bits per heavy atom. The number of hydrogen-bond acceptors (Lipinski definition) is 4. The van der Waals surface area contributed by atoms with Gasteiger partial charge in [-0.1, -0.05) is 71.4 Å². The smallest absolute Gasteiger partial charge is 0.309 e. The Kier molecular flexibility index (Phi) is 11.2. The molecule has 1 unspecified atom stereocenters. The molecule has 2 heterocycles. The second-order valence-corrected chi connectivity index (χ2v) is 10.4. The standard InChI is InChI=1S/C28H46O4/c1-7-10-21(4)28-25(31-28)17-20(3)12-9-14-23(6)27-22(5)13-8-11-19(2)15-16-24(29)18-26(30)32-27/h8-9,12-14,19-22,24-25,27-29H,7,10-11,15-18H2,1-6H3/b12-9+,13-8+,23-14+/t19-,20?,21-,22+,24-,25-,27+,28-/m1/s1. The molecule has 0 saturated carbocycles. The van der Waals surface area contributed by atoms with Crippen molar-refractivity contribution >= 4 is 5.97 Å². The van der Waals surface area contributed by atoms with Gasteiger partial charge < -0.3 is 14.6 Å². The van der Waals surface area contributed by atoms with Gasteiger partial charge in [-0.2, -0.15) is 0 Å². The summed E-state index contributed by atoms with van der Waals surface area (Å²) in [5, 5.41) is 10.2. The van der Waals surface area contributed by atoms with Crippen LogP contribution in [-0.2, 0) is 14.3 Å². The number of aliphatic hydroxyl groups is 1. The van der Waals surface area contributed by atoms with Crippen LogP contribution in [0.25, 0.3) is 0 Å². The van der Waals surface area contributed by atoms with E-state index >= 15 is 0 Å². The summed E-state index contributed by atoms with van der Waals surface area (Å²) in [5.74, 6) is 1.36. The fraction of sp³-hybridized carbons (Fsp3) is 0.750. The lowest BCUT2D eigenvalue weighted by molar-refractivity contribution is -0.151. The van der Waals surface area contributed by atoms with Crippen molar-refractivity contribution in [3.05, 3.63) is 36.0 Å². The van der Waals surface area contributed by atoms with Gasteiger partial charge in [-0.15, -0.1) is 0 Å². The lowest BCUT2D eigenvalue weighted by Crippen LogP contribution is -2.28. The van der Waals surface area contributed by atoms with Crippen LogP contribution in [0.3, 0.4) is 0 Å². The third-order valence-corrected chi connectivity index (χ3v) is 6.89. The third kappa shape index (κ3) is 9.23. The zero-order chi connectivity index (χ0) is 23.7. The van der Waals surface area contributed by atoms with Gasteiger partial charge in [0, 0.05) is 5.92 Å². The van der Waals surface area contributed by atoms with E-state index in [0.717, 1.165) is 24.8 Å². The minimum Gasteiger partial charge on any atom is -0.457 e. The van der Waals surface area contributed by atoms with Gasteiger partial charge in [0.25, 0.3) is 0 Å². The maximum absolute atomic E-state index is 12.4. The largest absolute Gasteiger partial charge is 0.457 e. The van der Waals surface area contributed by atoms with Crippen molar-refractivity contribution in [2.45, 2.75) is 111 Å². The second-order valence-electron chi connectivity index (χ2n) is 10.4. The first-order valence-electron chi connectivity index (χ1n) is 12.8. The van der Waals surface area contributed by atoms with Crippen molar-refractivity contribution in [3.8, 4) is 0 Å². The SMILES string of the molecule is CCC[C@@H](C)[C@H]1O[C@@H]1CC(C)/C=C/C=C(\C)[C@H]1OC(=O)C[C@H](O)CC[C@H](C)C/C=C/[C@@H]1C. The number of hydrogen-bond donors (Lipinski definition) is 1. The molecule has 8 atom stereocenters. The van der Waals surface area contributed by atoms with Gasteiger partial charge >= 0.3 is 5.97 Å². The molecule has 0 aromatic heterocycles. The van der Waals surface area contributed by atoms with Gasteiger partial charge in [-0.05, 0) is 62.4 Å². The number of ether oxygens (including phenoxy) is 2. The summed E-state index contributed by atoms with van der Waals surface area (Å²) in [4.78, 5) is 12.4. The second kappa shape index (κ2) is 13.3. The van der Waals surface area contributed by atoms with E-state index in [-0.39, 0.29) is 24.4 Å². The molecule has 182 valence electrons. The molecule has 0 amide bonds. The highest BCUT2D eigenvalue weighted by Crippen LogP contribution is 2.36. The van der Waals surface area contributed by atoms with Crippen molar-refractivity contribution in [1.82, 2.24) is 0 Å². The van der Waals surface area contributed by atoms with E-state index in [1.807, 2.05) is 6.92 Å². The molecular weight excluding hydrogens is 400 g/mol. The fourth-order valence-electron chi connectivity index (χ4n) is 4.72. The Bertz CT molecular complexity index is 664. The number of epoxide rings is 1. The van der Waals surface area contributed by atoms with E-state index < -0.39 is 6.10 Å². The molecule has 0 aromatic rings. The lowest BCUT2D eigenvalue weighted by atomic mass is 9.93. The van der Waals surface area contributed by atoms with Gasteiger partial charge in [0.05, 0.1) is 24.7 Å². The van der Waals surface area contributed by atoms with E-state index in [1.54, 1.807) is 0 Å². The van der Waals surface area contributed by atoms with Crippen LogP contribution < -0.4 is 0 Å². The minimum absolute atomic E-state index is 0.0683. The first-order chi connectivity index (χ1) is 15.2. The van der Waals surface area contributed by atoms with Crippen molar-refractivity contribution in [1.29, 1.82) is 0 Å². The summed E-state index contributed by atoms with van der Waals surface area (Å²) >= 11 is 0. The Morgan fingerprint density at radius 1 is 1.28 bits per heavy atom. The predicted molar refractivity (Wildman–Crippen MR) is 131 cm³/mol. The van der Waals surface area contributed by atoms with Gasteiger partial charge in [0.2, 0.25) is 0 Å². The van der Waals surface area contributed by atoms with Crippen molar-refractivity contribution < 1.29 is 19.4 Å². The van der Waals surface area contributed by atoms with E-state index in [1.165, 1.54) is 12.8 Å². The topological polar surface area (TPSA) is 59.1 Å². The van der Waals surface area contributed by atoms with E-state index in [2.05, 4.69) is 65.0 Å². The molecular formula is C28H46O4. The Hall–Kier alpha value is -1.39. The highest BCUT2D eigenvalue weighted by molar-refractivity contribution is 5.70. The molecule has 0 spiro atoms. The zero-order valence-electron chi connectivity index (χ0n) is 21.1. The molecule has 1 saturated heterocycles. The van der Waals surface area contributed by atoms with E-state index in [0.29, 0.717) is 36.4 Å². The number of rotatable bonds is 8. The van der Waals surface area contributed by atoms with Crippen molar-refractivity contribution in [2.75, 3.05) is 0 Å². The molecule has 32 heavy (non-hydrogen) atoms. The third-order valence-electron chi connectivity index (χ3n) is 6.89. The first kappa shape index (κ1) is 26.9. The molecule has 0 bridgehead atoms. The number of esters is 1. The minimum atomic E-state index is -0.622. The summed E-state index contributed by atoms with van der Waals surface area (Å²) in [6.45, 7) is 13.1. The highest BCUT2D eigenvalue weighted by atomic mass is 16.6. The predicted octanol–water partition coefficient (Wildman–Crippen LogP) is 6.39. The molecule has 0 aromatic carbocycles. The average molecular weight is 447 g/mol. The maximum atomic E-state index is 12.4. The molecule has 1 N–H and O–H groups in total. The van der Waals surface area contributed by atoms with Crippen LogP contribution in [0.15, 0.2) is 36.0 Å². The Labute approximate surface area is 196 Å². The van der Waals surface area contributed by atoms with Crippen LogP contribution in [0.4, 0.5) is 0 Å². The number of allylic oxidation sites excluding steroid dienone is 4.